The molecule has 0 spiro atoms. The van der Waals surface area contributed by atoms with Gasteiger partial charge in [-0.3, -0.25) is 4.79 Å². The topological polar surface area (TPSA) is 57.6 Å². The molecule has 5 heteroatoms. The quantitative estimate of drug-likeness (QED) is 0.807. The van der Waals surface area contributed by atoms with Gasteiger partial charge in [0.15, 0.2) is 0 Å². The van der Waals surface area contributed by atoms with E-state index in [1.54, 1.807) is 0 Å². The summed E-state index contributed by atoms with van der Waals surface area (Å²) in [5, 5.41) is 9.74. The predicted octanol–water partition coefficient (Wildman–Crippen LogP) is 5.19. The van der Waals surface area contributed by atoms with Crippen LogP contribution in [-0.2, 0) is 4.79 Å². The summed E-state index contributed by atoms with van der Waals surface area (Å²) < 4.78 is 0. The minimum Gasteiger partial charge on any atom is -0.477 e. The maximum absolute atomic E-state index is 12.7. The minimum atomic E-state index is -0.950. The highest BCUT2D eigenvalue weighted by atomic mass is 32.1. The smallest absolute Gasteiger partial charge is 0.348 e. The Bertz CT molecular complexity index is 808. The SMILES string of the molecule is O=C(O)c1sc(-c2ccccc2)cc1N1C(=O)CC[C@H]1C1CCCCC1. The van der Waals surface area contributed by atoms with E-state index in [4.69, 9.17) is 0 Å². The first-order valence-electron chi connectivity index (χ1n) is 9.40. The van der Waals surface area contributed by atoms with E-state index >= 15 is 0 Å². The number of carbonyl (C=O) groups is 2. The van der Waals surface area contributed by atoms with E-state index < -0.39 is 5.97 Å². The summed E-state index contributed by atoms with van der Waals surface area (Å²) in [7, 11) is 0. The first kappa shape index (κ1) is 17.3. The average molecular weight is 369 g/mol. The highest BCUT2D eigenvalue weighted by Gasteiger charge is 2.40. The van der Waals surface area contributed by atoms with Crippen LogP contribution in [0.5, 0.6) is 0 Å². The summed E-state index contributed by atoms with van der Waals surface area (Å²) in [4.78, 5) is 27.6. The molecule has 2 fully saturated rings. The van der Waals surface area contributed by atoms with E-state index in [1.807, 2.05) is 41.3 Å². The molecule has 2 aliphatic rings. The third-order valence-electron chi connectivity index (χ3n) is 5.67. The van der Waals surface area contributed by atoms with Gasteiger partial charge in [-0.25, -0.2) is 4.79 Å². The molecule has 1 aliphatic heterocycles. The molecule has 1 amide bonds. The Balaban J connectivity index is 1.73. The van der Waals surface area contributed by atoms with Crippen LogP contribution < -0.4 is 4.90 Å². The zero-order valence-electron chi connectivity index (χ0n) is 14.7. The first-order chi connectivity index (χ1) is 12.6. The van der Waals surface area contributed by atoms with Gasteiger partial charge in [0, 0.05) is 17.3 Å². The van der Waals surface area contributed by atoms with E-state index in [1.165, 1.54) is 30.6 Å². The number of nitrogens with zero attached hydrogens (tertiary/aromatic N) is 1. The van der Waals surface area contributed by atoms with E-state index in [2.05, 4.69) is 0 Å². The monoisotopic (exact) mass is 369 g/mol. The van der Waals surface area contributed by atoms with E-state index in [-0.39, 0.29) is 16.8 Å². The van der Waals surface area contributed by atoms with Gasteiger partial charge in [-0.05, 0) is 36.8 Å². The second-order valence-corrected chi connectivity index (χ2v) is 8.32. The van der Waals surface area contributed by atoms with Gasteiger partial charge < -0.3 is 10.0 Å². The highest BCUT2D eigenvalue weighted by molar-refractivity contribution is 7.18. The Morgan fingerprint density at radius 1 is 1.08 bits per heavy atom. The molecule has 2 heterocycles. The number of benzene rings is 1. The van der Waals surface area contributed by atoms with Crippen LogP contribution in [0, 0.1) is 5.92 Å². The molecule has 1 aromatic carbocycles. The number of rotatable bonds is 4. The molecule has 1 N–H and O–H groups in total. The Hall–Kier alpha value is -2.14. The van der Waals surface area contributed by atoms with Crippen molar-refractivity contribution in [3.63, 3.8) is 0 Å². The molecule has 1 saturated carbocycles. The standard InChI is InChI=1S/C21H23NO3S/c23-19-12-11-16(14-7-3-1-4-8-14)22(19)17-13-18(26-20(17)21(24)25)15-9-5-2-6-10-15/h2,5-6,9-10,13-14,16H,1,3-4,7-8,11-12H2,(H,24,25)/t16-/m0/s1. The van der Waals surface area contributed by atoms with Crippen LogP contribution in [0.15, 0.2) is 36.4 Å². The molecular formula is C21H23NO3S. The predicted molar refractivity (Wildman–Crippen MR) is 104 cm³/mol. The summed E-state index contributed by atoms with van der Waals surface area (Å²) in [5.74, 6) is -0.383. The first-order valence-corrected chi connectivity index (χ1v) is 10.2. The number of hydrogen-bond acceptors (Lipinski definition) is 3. The van der Waals surface area contributed by atoms with Crippen molar-refractivity contribution in [2.24, 2.45) is 5.92 Å². The van der Waals surface area contributed by atoms with Crippen LogP contribution in [0.1, 0.15) is 54.6 Å². The molecule has 136 valence electrons. The van der Waals surface area contributed by atoms with Gasteiger partial charge >= 0.3 is 5.97 Å². The molecule has 2 aromatic rings. The van der Waals surface area contributed by atoms with Gasteiger partial charge in [-0.15, -0.1) is 11.3 Å². The molecule has 4 rings (SSSR count). The van der Waals surface area contributed by atoms with Crippen LogP contribution in [0.25, 0.3) is 10.4 Å². The normalized spacial score (nSPS) is 21.3. The molecule has 26 heavy (non-hydrogen) atoms. The third-order valence-corrected chi connectivity index (χ3v) is 6.83. The van der Waals surface area contributed by atoms with E-state index in [9.17, 15) is 14.7 Å². The summed E-state index contributed by atoms with van der Waals surface area (Å²) >= 11 is 1.26. The molecule has 0 radical (unpaired) electrons. The second-order valence-electron chi connectivity index (χ2n) is 7.26. The lowest BCUT2D eigenvalue weighted by molar-refractivity contribution is -0.117. The van der Waals surface area contributed by atoms with Crippen molar-refractivity contribution >= 4 is 28.9 Å². The van der Waals surface area contributed by atoms with Crippen LogP contribution in [-0.4, -0.2) is 23.0 Å². The number of carboxylic acid groups (broad SMARTS) is 1. The number of anilines is 1. The fraction of sp³-hybridized carbons (Fsp3) is 0.429. The zero-order chi connectivity index (χ0) is 18.1. The Morgan fingerprint density at radius 3 is 2.50 bits per heavy atom. The number of carbonyl (C=O) groups excluding carboxylic acids is 1. The van der Waals surface area contributed by atoms with E-state index in [0.29, 0.717) is 18.0 Å². The number of carboxylic acids is 1. The van der Waals surface area contributed by atoms with Crippen molar-refractivity contribution < 1.29 is 14.7 Å². The number of hydrogen-bond donors (Lipinski definition) is 1. The molecule has 1 aromatic heterocycles. The zero-order valence-corrected chi connectivity index (χ0v) is 15.5. The van der Waals surface area contributed by atoms with Crippen molar-refractivity contribution in [3.05, 3.63) is 41.3 Å². The molecule has 1 saturated heterocycles. The number of amides is 1. The minimum absolute atomic E-state index is 0.0699. The summed E-state index contributed by atoms with van der Waals surface area (Å²) in [6, 6.07) is 11.8. The van der Waals surface area contributed by atoms with Crippen LogP contribution in [0.2, 0.25) is 0 Å². The van der Waals surface area contributed by atoms with Gasteiger partial charge in [0.05, 0.1) is 5.69 Å². The highest BCUT2D eigenvalue weighted by Crippen LogP contribution is 2.43. The Kier molecular flexibility index (Phi) is 4.81. The molecule has 0 unspecified atom stereocenters. The van der Waals surface area contributed by atoms with Crippen LogP contribution >= 0.6 is 11.3 Å². The largest absolute Gasteiger partial charge is 0.477 e. The lowest BCUT2D eigenvalue weighted by Crippen LogP contribution is -2.39. The Labute approximate surface area is 157 Å². The number of thiophene rings is 1. The summed E-state index contributed by atoms with van der Waals surface area (Å²) in [6.07, 6.45) is 7.37. The molecule has 0 bridgehead atoms. The molecule has 1 atom stereocenters. The third kappa shape index (κ3) is 3.16. The fourth-order valence-electron chi connectivity index (χ4n) is 4.44. The summed E-state index contributed by atoms with van der Waals surface area (Å²) in [6.45, 7) is 0. The van der Waals surface area contributed by atoms with E-state index in [0.717, 1.165) is 29.7 Å². The van der Waals surface area contributed by atoms with Gasteiger partial charge in [0.2, 0.25) is 5.91 Å². The maximum atomic E-state index is 12.7. The lowest BCUT2D eigenvalue weighted by Gasteiger charge is -2.34. The molecule has 4 nitrogen and oxygen atoms in total. The summed E-state index contributed by atoms with van der Waals surface area (Å²) in [5.41, 5.74) is 1.59. The van der Waals surface area contributed by atoms with Crippen molar-refractivity contribution in [2.75, 3.05) is 4.90 Å². The van der Waals surface area contributed by atoms with Crippen molar-refractivity contribution in [1.82, 2.24) is 0 Å². The fourth-order valence-corrected chi connectivity index (χ4v) is 5.44. The molecule has 1 aliphatic carbocycles. The maximum Gasteiger partial charge on any atom is 0.348 e. The molecular weight excluding hydrogens is 346 g/mol. The van der Waals surface area contributed by atoms with Gasteiger partial charge in [0.25, 0.3) is 0 Å². The van der Waals surface area contributed by atoms with Crippen LogP contribution in [0.3, 0.4) is 0 Å². The van der Waals surface area contributed by atoms with Crippen LogP contribution in [0.4, 0.5) is 5.69 Å². The van der Waals surface area contributed by atoms with Gasteiger partial charge in [0.1, 0.15) is 4.88 Å². The average Bonchev–Trinajstić information content (AvgIpc) is 3.27. The van der Waals surface area contributed by atoms with Gasteiger partial charge in [-0.2, -0.15) is 0 Å². The number of aromatic carboxylic acids is 1. The Morgan fingerprint density at radius 2 is 1.81 bits per heavy atom. The van der Waals surface area contributed by atoms with Gasteiger partial charge in [-0.1, -0.05) is 49.6 Å². The van der Waals surface area contributed by atoms with Crippen molar-refractivity contribution in [1.29, 1.82) is 0 Å². The van der Waals surface area contributed by atoms with Crippen molar-refractivity contribution in [2.45, 2.75) is 51.0 Å². The lowest BCUT2D eigenvalue weighted by atomic mass is 9.83. The van der Waals surface area contributed by atoms with Crippen molar-refractivity contribution in [3.8, 4) is 10.4 Å². The second kappa shape index (κ2) is 7.23.